The predicted molar refractivity (Wildman–Crippen MR) is 120 cm³/mol. The van der Waals surface area contributed by atoms with Crippen LogP contribution in [-0.4, -0.2) is 17.5 Å². The van der Waals surface area contributed by atoms with E-state index in [-0.39, 0.29) is 5.91 Å². The van der Waals surface area contributed by atoms with Gasteiger partial charge in [-0.15, -0.1) is 0 Å². The summed E-state index contributed by atoms with van der Waals surface area (Å²) in [6.45, 7) is 4.24. The fourth-order valence-electron chi connectivity index (χ4n) is 4.40. The first-order chi connectivity index (χ1) is 14.1. The number of carbonyl (C=O) groups is 1. The minimum atomic E-state index is 0.0427. The molecule has 3 nitrogen and oxygen atoms in total. The summed E-state index contributed by atoms with van der Waals surface area (Å²) in [6, 6.07) is 25.0. The van der Waals surface area contributed by atoms with E-state index < -0.39 is 0 Å². The van der Waals surface area contributed by atoms with Gasteiger partial charge in [0, 0.05) is 35.0 Å². The molecule has 0 aliphatic carbocycles. The van der Waals surface area contributed by atoms with Crippen molar-refractivity contribution in [2.75, 3.05) is 11.9 Å². The highest BCUT2D eigenvalue weighted by Crippen LogP contribution is 2.37. The van der Waals surface area contributed by atoms with Crippen LogP contribution in [0.4, 0.5) is 5.69 Å². The van der Waals surface area contributed by atoms with Crippen LogP contribution in [0.5, 0.6) is 0 Å². The number of hydrogen-bond acceptors (Lipinski definition) is 1. The van der Waals surface area contributed by atoms with Crippen molar-refractivity contribution in [3.05, 3.63) is 95.3 Å². The van der Waals surface area contributed by atoms with Gasteiger partial charge >= 0.3 is 0 Å². The van der Waals surface area contributed by atoms with Crippen LogP contribution in [0.15, 0.2) is 72.8 Å². The fourth-order valence-corrected chi connectivity index (χ4v) is 4.40. The fraction of sp³-hybridized carbons (Fsp3) is 0.115. The normalized spacial score (nSPS) is 14.8. The molecule has 0 saturated heterocycles. The zero-order chi connectivity index (χ0) is 20.1. The summed E-state index contributed by atoms with van der Waals surface area (Å²) in [6.07, 6.45) is 2.04. The predicted octanol–water partition coefficient (Wildman–Crippen LogP) is 5.76. The maximum Gasteiger partial charge on any atom is 0.258 e. The number of hydrogen-bond donors (Lipinski definition) is 0. The summed E-state index contributed by atoms with van der Waals surface area (Å²) < 4.78 is 2.28. The van der Waals surface area contributed by atoms with Crippen molar-refractivity contribution < 1.29 is 4.79 Å². The van der Waals surface area contributed by atoms with E-state index >= 15 is 0 Å². The van der Waals surface area contributed by atoms with Crippen LogP contribution in [0.25, 0.3) is 28.1 Å². The summed E-state index contributed by atoms with van der Waals surface area (Å²) in [5, 5.41) is 2.44. The standard InChI is InChI=1S/C26H22N2O/c1-17-15-20(16-23-22-12-6-7-13-24(22)27(3)26(23)29)18(2)28(17)25-14-8-10-19-9-4-5-11-21(19)25/h4-16H,1-3H3/b23-16+. The molecule has 3 heteroatoms. The molecule has 0 atom stereocenters. The lowest BCUT2D eigenvalue weighted by atomic mass is 10.0. The summed E-state index contributed by atoms with van der Waals surface area (Å²) in [4.78, 5) is 14.6. The zero-order valence-electron chi connectivity index (χ0n) is 16.8. The maximum atomic E-state index is 12.9. The minimum absolute atomic E-state index is 0.0427. The van der Waals surface area contributed by atoms with Crippen molar-refractivity contribution in [1.29, 1.82) is 0 Å². The van der Waals surface area contributed by atoms with E-state index in [2.05, 4.69) is 66.9 Å². The summed E-state index contributed by atoms with van der Waals surface area (Å²) in [5.74, 6) is 0.0427. The molecule has 0 saturated carbocycles. The molecule has 1 aliphatic rings. The minimum Gasteiger partial charge on any atom is -0.317 e. The molecule has 5 rings (SSSR count). The Morgan fingerprint density at radius 3 is 2.38 bits per heavy atom. The molecule has 0 N–H and O–H groups in total. The quantitative estimate of drug-likeness (QED) is 0.407. The number of para-hydroxylation sites is 1. The van der Waals surface area contributed by atoms with Crippen molar-refractivity contribution in [1.82, 2.24) is 4.57 Å². The molecule has 0 unspecified atom stereocenters. The van der Waals surface area contributed by atoms with Crippen LogP contribution >= 0.6 is 0 Å². The zero-order valence-corrected chi connectivity index (χ0v) is 16.8. The molecule has 3 aromatic carbocycles. The third-order valence-electron chi connectivity index (χ3n) is 5.87. The Kier molecular flexibility index (Phi) is 3.92. The number of carbonyl (C=O) groups excluding carboxylic acids is 1. The molecule has 0 radical (unpaired) electrons. The van der Waals surface area contributed by atoms with Crippen LogP contribution in [0.1, 0.15) is 22.5 Å². The number of amides is 1. The van der Waals surface area contributed by atoms with Crippen molar-refractivity contribution in [3.8, 4) is 5.69 Å². The van der Waals surface area contributed by atoms with Gasteiger partial charge in [-0.3, -0.25) is 4.79 Å². The van der Waals surface area contributed by atoms with Gasteiger partial charge in [0.15, 0.2) is 0 Å². The van der Waals surface area contributed by atoms with Gasteiger partial charge in [0.1, 0.15) is 0 Å². The summed E-state index contributed by atoms with van der Waals surface area (Å²) in [5.41, 5.74) is 7.23. The number of anilines is 1. The second-order valence-electron chi connectivity index (χ2n) is 7.60. The first-order valence-electron chi connectivity index (χ1n) is 9.82. The topological polar surface area (TPSA) is 25.2 Å². The van der Waals surface area contributed by atoms with Gasteiger partial charge in [0.25, 0.3) is 5.91 Å². The molecular weight excluding hydrogens is 356 g/mol. The van der Waals surface area contributed by atoms with E-state index in [1.807, 2.05) is 37.4 Å². The SMILES string of the molecule is Cc1cc(/C=C2/C(=O)N(C)c3ccccc32)c(C)n1-c1cccc2ccccc12. The van der Waals surface area contributed by atoms with Crippen molar-refractivity contribution in [2.45, 2.75) is 13.8 Å². The number of rotatable bonds is 2. The number of benzene rings is 3. The average Bonchev–Trinajstić information content (AvgIpc) is 3.16. The molecule has 142 valence electrons. The number of aromatic nitrogens is 1. The highest BCUT2D eigenvalue weighted by Gasteiger charge is 2.29. The second-order valence-corrected chi connectivity index (χ2v) is 7.60. The smallest absolute Gasteiger partial charge is 0.258 e. The Morgan fingerprint density at radius 1 is 0.828 bits per heavy atom. The molecule has 0 spiro atoms. The van der Waals surface area contributed by atoms with Crippen molar-refractivity contribution >= 4 is 34.0 Å². The van der Waals surface area contributed by atoms with Gasteiger partial charge in [-0.2, -0.15) is 0 Å². The van der Waals surface area contributed by atoms with Gasteiger partial charge in [0.05, 0.1) is 11.4 Å². The number of nitrogens with zero attached hydrogens (tertiary/aromatic N) is 2. The molecule has 1 aliphatic heterocycles. The van der Waals surface area contributed by atoms with E-state index in [4.69, 9.17) is 0 Å². The Balaban J connectivity index is 1.69. The van der Waals surface area contributed by atoms with Crippen LogP contribution in [0.3, 0.4) is 0 Å². The Hall–Kier alpha value is -3.59. The second kappa shape index (κ2) is 6.49. The lowest BCUT2D eigenvalue weighted by Gasteiger charge is -2.13. The van der Waals surface area contributed by atoms with E-state index in [0.717, 1.165) is 39.5 Å². The van der Waals surface area contributed by atoms with E-state index in [9.17, 15) is 4.79 Å². The van der Waals surface area contributed by atoms with Gasteiger partial charge in [0.2, 0.25) is 0 Å². The highest BCUT2D eigenvalue weighted by atomic mass is 16.2. The van der Waals surface area contributed by atoms with E-state index in [1.165, 1.54) is 10.8 Å². The molecule has 0 bridgehead atoms. The monoisotopic (exact) mass is 378 g/mol. The van der Waals surface area contributed by atoms with Gasteiger partial charge in [-0.25, -0.2) is 0 Å². The van der Waals surface area contributed by atoms with Crippen LogP contribution in [-0.2, 0) is 4.79 Å². The average molecular weight is 378 g/mol. The highest BCUT2D eigenvalue weighted by molar-refractivity contribution is 6.35. The number of likely N-dealkylation sites (N-methyl/N-ethyl adjacent to an activating group) is 1. The lowest BCUT2D eigenvalue weighted by molar-refractivity contribution is -0.112. The molecule has 0 fully saturated rings. The third-order valence-corrected chi connectivity index (χ3v) is 5.87. The van der Waals surface area contributed by atoms with E-state index in [1.54, 1.807) is 4.90 Å². The largest absolute Gasteiger partial charge is 0.317 e. The molecule has 2 heterocycles. The maximum absolute atomic E-state index is 12.9. The third kappa shape index (κ3) is 2.62. The molecule has 4 aromatic rings. The van der Waals surface area contributed by atoms with Crippen molar-refractivity contribution in [2.24, 2.45) is 0 Å². The molecule has 1 amide bonds. The van der Waals surface area contributed by atoms with Crippen molar-refractivity contribution in [3.63, 3.8) is 0 Å². The van der Waals surface area contributed by atoms with Gasteiger partial charge in [-0.1, -0.05) is 54.6 Å². The van der Waals surface area contributed by atoms with Crippen LogP contribution < -0.4 is 4.90 Å². The summed E-state index contributed by atoms with van der Waals surface area (Å²) >= 11 is 0. The Morgan fingerprint density at radius 2 is 1.52 bits per heavy atom. The first-order valence-corrected chi connectivity index (χ1v) is 9.82. The Bertz CT molecular complexity index is 1300. The molecular formula is C26H22N2O. The lowest BCUT2D eigenvalue weighted by Crippen LogP contribution is -2.20. The first kappa shape index (κ1) is 17.5. The van der Waals surface area contributed by atoms with Gasteiger partial charge < -0.3 is 9.47 Å². The van der Waals surface area contributed by atoms with Gasteiger partial charge in [-0.05, 0) is 49.1 Å². The van der Waals surface area contributed by atoms with Crippen LogP contribution in [0.2, 0.25) is 0 Å². The number of fused-ring (bicyclic) bond motifs is 2. The molecule has 1 aromatic heterocycles. The van der Waals surface area contributed by atoms with Crippen LogP contribution in [0, 0.1) is 13.8 Å². The number of aryl methyl sites for hydroxylation is 1. The molecule has 29 heavy (non-hydrogen) atoms. The Labute approximate surface area is 170 Å². The summed E-state index contributed by atoms with van der Waals surface area (Å²) in [7, 11) is 1.83. The van der Waals surface area contributed by atoms with E-state index in [0.29, 0.717) is 0 Å².